The molecule has 0 bridgehead atoms. The van der Waals surface area contributed by atoms with Crippen LogP contribution in [0, 0.1) is 21.7 Å². The van der Waals surface area contributed by atoms with Crippen molar-refractivity contribution in [1.82, 2.24) is 19.8 Å². The molecule has 13 heteroatoms. The van der Waals surface area contributed by atoms with Gasteiger partial charge in [0.15, 0.2) is 0 Å². The maximum atomic E-state index is 14.2. The van der Waals surface area contributed by atoms with Gasteiger partial charge in [-0.25, -0.2) is 18.6 Å². The largest absolute Gasteiger partial charge is 0.444 e. The molecule has 232 valence electrons. The molecule has 11 nitrogen and oxygen atoms in total. The molecule has 0 aliphatic carbocycles. The second-order valence-corrected chi connectivity index (χ2v) is 11.3. The van der Waals surface area contributed by atoms with Crippen molar-refractivity contribution in [2.75, 3.05) is 5.32 Å². The molecule has 0 spiro atoms. The Morgan fingerprint density at radius 1 is 1.02 bits per heavy atom. The van der Waals surface area contributed by atoms with Gasteiger partial charge in [-0.05, 0) is 62.7 Å². The van der Waals surface area contributed by atoms with Gasteiger partial charge < -0.3 is 20.3 Å². The number of hydrogen-bond acceptors (Lipinski definition) is 7. The number of nitro benzene ring substituents is 1. The number of nitro groups is 1. The molecule has 3 aromatic carbocycles. The Labute approximate surface area is 257 Å². The van der Waals surface area contributed by atoms with Crippen LogP contribution in [0.2, 0.25) is 0 Å². The third-order valence-electron chi connectivity index (χ3n) is 6.76. The van der Waals surface area contributed by atoms with E-state index in [-0.39, 0.29) is 18.7 Å². The number of carbonyl (C=O) groups is 2. The summed E-state index contributed by atoms with van der Waals surface area (Å²) in [7, 11) is 0. The molecule has 1 aromatic heterocycles. The normalized spacial score (nSPS) is 13.1. The Morgan fingerprint density at radius 2 is 1.73 bits per heavy atom. The zero-order valence-electron chi connectivity index (χ0n) is 24.7. The van der Waals surface area contributed by atoms with Gasteiger partial charge in [-0.2, -0.15) is 0 Å². The van der Waals surface area contributed by atoms with Crippen LogP contribution in [-0.4, -0.2) is 43.0 Å². The number of non-ortho nitro benzene ring substituents is 1. The zero-order chi connectivity index (χ0) is 32.3. The number of anilines is 2. The van der Waals surface area contributed by atoms with Gasteiger partial charge in [0, 0.05) is 42.2 Å². The highest BCUT2D eigenvalue weighted by molar-refractivity contribution is 5.88. The fourth-order valence-corrected chi connectivity index (χ4v) is 4.72. The summed E-state index contributed by atoms with van der Waals surface area (Å²) >= 11 is 0. The Bertz CT molecular complexity index is 1760. The number of ether oxygens (including phenoxy) is 1. The number of benzene rings is 3. The molecule has 4 aromatic rings. The van der Waals surface area contributed by atoms with E-state index in [0.29, 0.717) is 34.2 Å². The molecule has 5 rings (SSSR count). The smallest absolute Gasteiger partial charge is 0.408 e. The van der Waals surface area contributed by atoms with Gasteiger partial charge in [0.05, 0.1) is 11.5 Å². The van der Waals surface area contributed by atoms with Crippen LogP contribution in [0.3, 0.4) is 0 Å². The van der Waals surface area contributed by atoms with Gasteiger partial charge in [0.1, 0.15) is 40.6 Å². The number of hydrogen-bond donors (Lipinski definition) is 2. The van der Waals surface area contributed by atoms with E-state index in [1.54, 1.807) is 55.8 Å². The van der Waals surface area contributed by atoms with Crippen molar-refractivity contribution < 1.29 is 28.0 Å². The standard InChI is InChI=1S/C32H30F2N6O5/c1-32(2,3)45-31(42)36-26(17-20-7-13-25(14-8-20)40(43)44)30(41)38-15-16-39-27(19-38)37-28(21-5-4-6-23(34)18-21)29(39)35-24-11-9-22(33)10-12-24/h4-16,18,26,35H,17,19H2,1-3H3,(H,36,42). The molecule has 0 fully saturated rings. The number of aromatic nitrogens is 2. The quantitative estimate of drug-likeness (QED) is 0.173. The maximum absolute atomic E-state index is 14.2. The minimum absolute atomic E-state index is 0.00446. The fourth-order valence-electron chi connectivity index (χ4n) is 4.72. The third kappa shape index (κ3) is 7.50. The Morgan fingerprint density at radius 3 is 2.38 bits per heavy atom. The van der Waals surface area contributed by atoms with Crippen LogP contribution in [0.15, 0.2) is 79.0 Å². The predicted octanol–water partition coefficient (Wildman–Crippen LogP) is 6.39. The molecule has 0 radical (unpaired) electrons. The topological polar surface area (TPSA) is 132 Å². The summed E-state index contributed by atoms with van der Waals surface area (Å²) < 4.78 is 34.9. The fraction of sp³-hybridized carbons (Fsp3) is 0.219. The van der Waals surface area contributed by atoms with Gasteiger partial charge in [0.25, 0.3) is 5.69 Å². The van der Waals surface area contributed by atoms with Crippen molar-refractivity contribution in [2.45, 2.75) is 45.4 Å². The van der Waals surface area contributed by atoms with Crippen molar-refractivity contribution >= 4 is 35.4 Å². The number of carbonyl (C=O) groups excluding carboxylic acids is 2. The average molecular weight is 617 g/mol. The summed E-state index contributed by atoms with van der Waals surface area (Å²) in [5.74, 6) is -0.439. The van der Waals surface area contributed by atoms with Gasteiger partial charge in [-0.15, -0.1) is 0 Å². The van der Waals surface area contributed by atoms with Gasteiger partial charge in [-0.3, -0.25) is 19.5 Å². The average Bonchev–Trinajstić information content (AvgIpc) is 3.34. The highest BCUT2D eigenvalue weighted by Gasteiger charge is 2.31. The van der Waals surface area contributed by atoms with Crippen LogP contribution < -0.4 is 10.6 Å². The molecule has 1 aliphatic rings. The van der Waals surface area contributed by atoms with Crippen LogP contribution in [0.4, 0.5) is 30.8 Å². The van der Waals surface area contributed by atoms with Crippen molar-refractivity contribution in [2.24, 2.45) is 0 Å². The number of fused-ring (bicyclic) bond motifs is 1. The Kier molecular flexibility index (Phi) is 8.61. The summed E-state index contributed by atoms with van der Waals surface area (Å²) in [5, 5.41) is 16.9. The Balaban J connectivity index is 1.45. The third-order valence-corrected chi connectivity index (χ3v) is 6.76. The van der Waals surface area contributed by atoms with E-state index in [4.69, 9.17) is 9.72 Å². The van der Waals surface area contributed by atoms with Crippen LogP contribution in [0.1, 0.15) is 32.2 Å². The lowest BCUT2D eigenvalue weighted by Gasteiger charge is -2.28. The SMILES string of the molecule is CC(C)(C)OC(=O)NC(Cc1ccc([N+](=O)[O-])cc1)C(=O)N1C=Cn2c(nc(-c3cccc(F)c3)c2Nc2ccc(F)cc2)C1. The van der Waals surface area contributed by atoms with E-state index < -0.39 is 40.2 Å². The molecule has 0 saturated carbocycles. The van der Waals surface area contributed by atoms with E-state index in [1.165, 1.54) is 59.6 Å². The van der Waals surface area contributed by atoms with Gasteiger partial charge in [0.2, 0.25) is 5.91 Å². The molecule has 1 aliphatic heterocycles. The van der Waals surface area contributed by atoms with E-state index >= 15 is 0 Å². The van der Waals surface area contributed by atoms with E-state index in [1.807, 2.05) is 0 Å². The number of amides is 2. The number of imidazole rings is 1. The van der Waals surface area contributed by atoms with E-state index in [9.17, 15) is 28.5 Å². The van der Waals surface area contributed by atoms with E-state index in [2.05, 4.69) is 10.6 Å². The number of alkyl carbamates (subject to hydrolysis) is 1. The summed E-state index contributed by atoms with van der Waals surface area (Å²) in [6.45, 7) is 5.08. The molecule has 1 unspecified atom stereocenters. The number of rotatable bonds is 8. The number of nitrogens with zero attached hydrogens (tertiary/aromatic N) is 4. The summed E-state index contributed by atoms with van der Waals surface area (Å²) in [6, 6.07) is 16.2. The molecule has 0 saturated heterocycles. The summed E-state index contributed by atoms with van der Waals surface area (Å²) in [6.07, 6.45) is 2.36. The van der Waals surface area contributed by atoms with Crippen molar-refractivity contribution in [1.29, 1.82) is 0 Å². The molecule has 1 atom stereocenters. The molecule has 2 amide bonds. The lowest BCUT2D eigenvalue weighted by molar-refractivity contribution is -0.384. The molecule has 2 heterocycles. The van der Waals surface area contributed by atoms with Gasteiger partial charge >= 0.3 is 6.09 Å². The van der Waals surface area contributed by atoms with Crippen molar-refractivity contribution in [3.63, 3.8) is 0 Å². The monoisotopic (exact) mass is 616 g/mol. The van der Waals surface area contributed by atoms with E-state index in [0.717, 1.165) is 0 Å². The number of nitrogens with one attached hydrogen (secondary N) is 2. The predicted molar refractivity (Wildman–Crippen MR) is 163 cm³/mol. The zero-order valence-corrected chi connectivity index (χ0v) is 24.7. The first-order valence-corrected chi connectivity index (χ1v) is 14.0. The van der Waals surface area contributed by atoms with Crippen LogP contribution in [0.25, 0.3) is 17.5 Å². The minimum atomic E-state index is -1.09. The number of halogens is 2. The lowest BCUT2D eigenvalue weighted by Crippen LogP contribution is -2.49. The lowest BCUT2D eigenvalue weighted by atomic mass is 10.0. The van der Waals surface area contributed by atoms with Gasteiger partial charge in [-0.1, -0.05) is 24.3 Å². The Hall–Kier alpha value is -5.59. The van der Waals surface area contributed by atoms with Crippen molar-refractivity contribution in [3.05, 3.63) is 112 Å². The molecular weight excluding hydrogens is 586 g/mol. The first-order chi connectivity index (χ1) is 21.4. The summed E-state index contributed by atoms with van der Waals surface area (Å²) in [4.78, 5) is 43.3. The minimum Gasteiger partial charge on any atom is -0.444 e. The first-order valence-electron chi connectivity index (χ1n) is 14.0. The van der Waals surface area contributed by atoms with Crippen LogP contribution in [0.5, 0.6) is 0 Å². The molecular formula is C32H30F2N6O5. The summed E-state index contributed by atoms with van der Waals surface area (Å²) in [5.41, 5.74) is 1.11. The first kappa shape index (κ1) is 30.9. The second-order valence-electron chi connectivity index (χ2n) is 11.3. The molecule has 2 N–H and O–H groups in total. The molecule has 45 heavy (non-hydrogen) atoms. The van der Waals surface area contributed by atoms with Crippen molar-refractivity contribution in [3.8, 4) is 11.3 Å². The second kappa shape index (κ2) is 12.6. The van der Waals surface area contributed by atoms with Crippen LogP contribution >= 0.6 is 0 Å². The van der Waals surface area contributed by atoms with Crippen LogP contribution in [-0.2, 0) is 22.5 Å². The highest BCUT2D eigenvalue weighted by atomic mass is 19.1. The highest BCUT2D eigenvalue weighted by Crippen LogP contribution is 2.34. The maximum Gasteiger partial charge on any atom is 0.408 e.